The molecule has 106 valence electrons. The number of benzene rings is 2. The van der Waals surface area contributed by atoms with Crippen molar-refractivity contribution in [2.75, 3.05) is 11.1 Å². The molecule has 0 bridgehead atoms. The minimum atomic E-state index is -3.76. The number of nitrogens with two attached hydrogens (primary N) is 2. The quantitative estimate of drug-likeness (QED) is 0.737. The fraction of sp³-hybridized carbons (Fsp3) is 0.0769. The van der Waals surface area contributed by atoms with Crippen molar-refractivity contribution in [2.24, 2.45) is 5.14 Å². The second-order valence-electron chi connectivity index (χ2n) is 4.38. The molecule has 0 aromatic heterocycles. The van der Waals surface area contributed by atoms with Gasteiger partial charge in [-0.15, -0.1) is 0 Å². The first-order valence-corrected chi connectivity index (χ1v) is 8.07. The summed E-state index contributed by atoms with van der Waals surface area (Å²) in [6.07, 6.45) is 0. The van der Waals surface area contributed by atoms with E-state index in [9.17, 15) is 8.42 Å². The predicted octanol–water partition coefficient (Wildman–Crippen LogP) is 2.73. The van der Waals surface area contributed by atoms with E-state index in [0.29, 0.717) is 11.4 Å². The first kappa shape index (κ1) is 14.8. The van der Waals surface area contributed by atoms with E-state index < -0.39 is 10.0 Å². The molecule has 0 unspecified atom stereocenters. The zero-order chi connectivity index (χ0) is 14.9. The Morgan fingerprint density at radius 1 is 1.10 bits per heavy atom. The fourth-order valence-corrected chi connectivity index (χ4v) is 2.60. The highest BCUT2D eigenvalue weighted by Crippen LogP contribution is 2.29. The number of aryl methyl sites for hydroxylation is 1. The molecule has 0 heterocycles. The molecule has 0 spiro atoms. The lowest BCUT2D eigenvalue weighted by atomic mass is 10.2. The van der Waals surface area contributed by atoms with Crippen molar-refractivity contribution in [2.45, 2.75) is 11.8 Å². The van der Waals surface area contributed by atoms with E-state index >= 15 is 0 Å². The van der Waals surface area contributed by atoms with Crippen LogP contribution in [0.2, 0.25) is 0 Å². The van der Waals surface area contributed by atoms with Crippen LogP contribution in [0.3, 0.4) is 0 Å². The van der Waals surface area contributed by atoms with Gasteiger partial charge in [-0.3, -0.25) is 0 Å². The number of primary sulfonamides is 1. The number of nitrogens with one attached hydrogen (secondary N) is 1. The van der Waals surface area contributed by atoms with Crippen LogP contribution in [0.4, 0.5) is 17.1 Å². The average Bonchev–Trinajstić information content (AvgIpc) is 2.35. The van der Waals surface area contributed by atoms with Gasteiger partial charge >= 0.3 is 0 Å². The van der Waals surface area contributed by atoms with Gasteiger partial charge in [-0.25, -0.2) is 13.6 Å². The summed E-state index contributed by atoms with van der Waals surface area (Å²) in [5.74, 6) is 0. The molecule has 0 aliphatic carbocycles. The molecular weight excluding hydrogens is 342 g/mol. The first-order chi connectivity index (χ1) is 9.27. The van der Waals surface area contributed by atoms with Crippen molar-refractivity contribution in [1.29, 1.82) is 0 Å². The Bertz CT molecular complexity index is 760. The Hall–Kier alpha value is -1.57. The maximum absolute atomic E-state index is 11.4. The molecule has 20 heavy (non-hydrogen) atoms. The van der Waals surface area contributed by atoms with E-state index in [4.69, 9.17) is 10.9 Å². The fourth-order valence-electron chi connectivity index (χ4n) is 1.69. The molecule has 0 saturated heterocycles. The van der Waals surface area contributed by atoms with E-state index in [0.717, 1.165) is 15.7 Å². The molecule has 2 aromatic carbocycles. The maximum atomic E-state index is 11.4. The monoisotopic (exact) mass is 355 g/mol. The third-order valence-corrected chi connectivity index (χ3v) is 4.23. The van der Waals surface area contributed by atoms with Gasteiger partial charge in [0.05, 0.1) is 16.3 Å². The Morgan fingerprint density at radius 3 is 2.45 bits per heavy atom. The Kier molecular flexibility index (Phi) is 4.03. The average molecular weight is 356 g/mol. The van der Waals surface area contributed by atoms with Gasteiger partial charge in [0.1, 0.15) is 0 Å². The summed E-state index contributed by atoms with van der Waals surface area (Å²) in [7, 11) is -3.76. The summed E-state index contributed by atoms with van der Waals surface area (Å²) >= 11 is 3.39. The third kappa shape index (κ3) is 3.30. The number of rotatable bonds is 3. The van der Waals surface area contributed by atoms with Gasteiger partial charge in [0, 0.05) is 10.2 Å². The summed E-state index contributed by atoms with van der Waals surface area (Å²) < 4.78 is 23.7. The maximum Gasteiger partial charge on any atom is 0.238 e. The van der Waals surface area contributed by atoms with Crippen molar-refractivity contribution in [3.63, 3.8) is 0 Å². The van der Waals surface area contributed by atoms with Crippen LogP contribution in [-0.2, 0) is 10.0 Å². The molecule has 0 atom stereocenters. The van der Waals surface area contributed by atoms with Crippen LogP contribution in [0.25, 0.3) is 0 Å². The molecule has 0 amide bonds. The number of sulfonamides is 1. The number of hydrogen-bond donors (Lipinski definition) is 3. The predicted molar refractivity (Wildman–Crippen MR) is 84.4 cm³/mol. The zero-order valence-corrected chi connectivity index (χ0v) is 13.1. The SMILES string of the molecule is Cc1ccc(Br)cc1Nc1cc(S(N)(=O)=O)ccc1N. The number of halogens is 1. The van der Waals surface area contributed by atoms with Crippen LogP contribution in [0.5, 0.6) is 0 Å². The van der Waals surface area contributed by atoms with E-state index in [1.54, 1.807) is 0 Å². The summed E-state index contributed by atoms with van der Waals surface area (Å²) in [6, 6.07) is 10.1. The lowest BCUT2D eigenvalue weighted by molar-refractivity contribution is 0.598. The Balaban J connectivity index is 2.45. The van der Waals surface area contributed by atoms with Gasteiger partial charge in [0.15, 0.2) is 0 Å². The topological polar surface area (TPSA) is 98.2 Å². The van der Waals surface area contributed by atoms with Crippen LogP contribution >= 0.6 is 15.9 Å². The van der Waals surface area contributed by atoms with Gasteiger partial charge < -0.3 is 11.1 Å². The second kappa shape index (κ2) is 5.43. The van der Waals surface area contributed by atoms with Gasteiger partial charge in [0.2, 0.25) is 10.0 Å². The molecule has 5 N–H and O–H groups in total. The Labute approximate surface area is 126 Å². The second-order valence-corrected chi connectivity index (χ2v) is 6.86. The highest BCUT2D eigenvalue weighted by Gasteiger charge is 2.11. The van der Waals surface area contributed by atoms with Gasteiger partial charge in [-0.05, 0) is 42.8 Å². The van der Waals surface area contributed by atoms with Crippen molar-refractivity contribution in [3.05, 3.63) is 46.4 Å². The molecule has 2 aromatic rings. The summed E-state index contributed by atoms with van der Waals surface area (Å²) in [6.45, 7) is 1.94. The summed E-state index contributed by atoms with van der Waals surface area (Å²) in [4.78, 5) is 0.0156. The minimum absolute atomic E-state index is 0.0156. The van der Waals surface area contributed by atoms with Crippen LogP contribution in [0.15, 0.2) is 45.8 Å². The van der Waals surface area contributed by atoms with Crippen molar-refractivity contribution in [1.82, 2.24) is 0 Å². The summed E-state index contributed by atoms with van der Waals surface area (Å²) in [5, 5.41) is 8.24. The number of nitrogen functional groups attached to an aromatic ring is 1. The number of hydrogen-bond acceptors (Lipinski definition) is 4. The highest BCUT2D eigenvalue weighted by atomic mass is 79.9. The van der Waals surface area contributed by atoms with Crippen molar-refractivity contribution < 1.29 is 8.42 Å². The molecule has 0 fully saturated rings. The van der Waals surface area contributed by atoms with E-state index in [-0.39, 0.29) is 4.90 Å². The van der Waals surface area contributed by atoms with Gasteiger partial charge in [0.25, 0.3) is 0 Å². The minimum Gasteiger partial charge on any atom is -0.397 e. The molecule has 2 rings (SSSR count). The molecule has 0 aliphatic heterocycles. The van der Waals surface area contributed by atoms with Crippen molar-refractivity contribution in [3.8, 4) is 0 Å². The van der Waals surface area contributed by atoms with Gasteiger partial charge in [-0.1, -0.05) is 22.0 Å². The first-order valence-electron chi connectivity index (χ1n) is 5.73. The molecule has 0 aliphatic rings. The van der Waals surface area contributed by atoms with E-state index in [1.165, 1.54) is 18.2 Å². The van der Waals surface area contributed by atoms with Crippen molar-refractivity contribution >= 4 is 43.0 Å². The summed E-state index contributed by atoms with van der Waals surface area (Å²) in [5.41, 5.74) is 8.64. The number of anilines is 3. The molecule has 5 nitrogen and oxygen atoms in total. The molecular formula is C13H14BrN3O2S. The molecule has 0 radical (unpaired) electrons. The molecule has 7 heteroatoms. The highest BCUT2D eigenvalue weighted by molar-refractivity contribution is 9.10. The third-order valence-electron chi connectivity index (χ3n) is 2.82. The van der Waals surface area contributed by atoms with Crippen LogP contribution in [0, 0.1) is 6.92 Å². The van der Waals surface area contributed by atoms with Gasteiger partial charge in [-0.2, -0.15) is 0 Å². The lowest BCUT2D eigenvalue weighted by Crippen LogP contribution is -2.12. The zero-order valence-electron chi connectivity index (χ0n) is 10.7. The standard InChI is InChI=1S/C13H14BrN3O2S/c1-8-2-3-9(14)6-12(8)17-13-7-10(20(16,18)19)4-5-11(13)15/h2-7,17H,15H2,1H3,(H2,16,18,19). The molecule has 0 saturated carbocycles. The van der Waals surface area contributed by atoms with Crippen LogP contribution < -0.4 is 16.2 Å². The van der Waals surface area contributed by atoms with E-state index in [1.807, 2.05) is 25.1 Å². The Morgan fingerprint density at radius 2 is 1.80 bits per heavy atom. The smallest absolute Gasteiger partial charge is 0.238 e. The van der Waals surface area contributed by atoms with Crippen LogP contribution in [0.1, 0.15) is 5.56 Å². The van der Waals surface area contributed by atoms with E-state index in [2.05, 4.69) is 21.2 Å². The normalized spacial score (nSPS) is 11.3. The largest absolute Gasteiger partial charge is 0.397 e. The lowest BCUT2D eigenvalue weighted by Gasteiger charge is -2.13. The van der Waals surface area contributed by atoms with Crippen LogP contribution in [-0.4, -0.2) is 8.42 Å².